The minimum atomic E-state index is -7.22. The SMILES string of the molecule is Fc1c(F)c(F)c([B-](c2c(F)c(F)c(F)c(F)c2F)(c2c(F)c(F)c(F)c(F)c2F)c2c(F)c(F)c(F)c(F)c2F)c(F)c1F.O=C(C[n+]1ccc(-c2ccc(O)cc2)cc1)c1ccccc1. The number of aromatic nitrogens is 1. The summed E-state index contributed by atoms with van der Waals surface area (Å²) >= 11 is 0. The van der Waals surface area contributed by atoms with Crippen LogP contribution in [-0.4, -0.2) is 17.0 Å². The van der Waals surface area contributed by atoms with Crippen LogP contribution in [0.4, 0.5) is 87.8 Å². The first-order valence-electron chi connectivity index (χ1n) is 18.0. The zero-order chi connectivity index (χ0) is 49.7. The number of benzene rings is 6. The van der Waals surface area contributed by atoms with E-state index in [1.165, 1.54) is 0 Å². The molecule has 1 N–H and O–H groups in total. The smallest absolute Gasteiger partial charge is 0.227 e. The number of phenols is 1. The highest BCUT2D eigenvalue weighted by Crippen LogP contribution is 2.31. The molecule has 0 amide bonds. The Morgan fingerprint density at radius 1 is 0.358 bits per heavy atom. The molecule has 0 radical (unpaired) electrons. The third-order valence-electron chi connectivity index (χ3n) is 10.2. The van der Waals surface area contributed by atoms with Gasteiger partial charge in [0.05, 0.1) is 0 Å². The topological polar surface area (TPSA) is 41.2 Å². The number of Topliss-reactive ketones (excluding diaryl/α,β-unsaturated/α-hetero) is 1. The number of pyridine rings is 1. The largest absolute Gasteiger partial charge is 0.508 e. The highest BCUT2D eigenvalue weighted by Gasteiger charge is 2.52. The molecule has 0 saturated carbocycles. The minimum absolute atomic E-state index is 0.0861. The Bertz CT molecular complexity index is 2730. The van der Waals surface area contributed by atoms with Gasteiger partial charge in [0.1, 0.15) is 58.4 Å². The first kappa shape index (κ1) is 49.0. The molecule has 67 heavy (non-hydrogen) atoms. The van der Waals surface area contributed by atoms with E-state index in [0.29, 0.717) is 6.54 Å². The van der Waals surface area contributed by atoms with Crippen LogP contribution in [0.25, 0.3) is 11.1 Å². The van der Waals surface area contributed by atoms with Gasteiger partial charge in [-0.3, -0.25) is 4.79 Å². The zero-order valence-electron chi connectivity index (χ0n) is 32.2. The minimum Gasteiger partial charge on any atom is -0.508 e. The fourth-order valence-electron chi connectivity index (χ4n) is 7.16. The van der Waals surface area contributed by atoms with Gasteiger partial charge in [-0.2, -0.15) is 4.57 Å². The van der Waals surface area contributed by atoms with Crippen molar-refractivity contribution >= 4 is 33.8 Å². The molecule has 7 aromatic rings. The van der Waals surface area contributed by atoms with Crippen molar-refractivity contribution in [2.45, 2.75) is 6.54 Å². The number of carbonyl (C=O) groups excluding carboxylic acids is 1. The van der Waals surface area contributed by atoms with Crippen molar-refractivity contribution in [3.05, 3.63) is 201 Å². The summed E-state index contributed by atoms with van der Waals surface area (Å²) in [5, 5.41) is 9.31. The van der Waals surface area contributed by atoms with E-state index in [-0.39, 0.29) is 11.5 Å². The maximum absolute atomic E-state index is 15.4. The number of nitrogens with zero attached hydrogens (tertiary/aromatic N) is 1. The highest BCUT2D eigenvalue weighted by atomic mass is 19.2. The Morgan fingerprint density at radius 2 is 0.612 bits per heavy atom. The van der Waals surface area contributed by atoms with Gasteiger partial charge in [-0.15, -0.1) is 21.9 Å². The lowest BCUT2D eigenvalue weighted by Crippen LogP contribution is -2.81. The van der Waals surface area contributed by atoms with Crippen molar-refractivity contribution in [2.75, 3.05) is 0 Å². The Hall–Kier alpha value is -7.40. The predicted molar refractivity (Wildman–Crippen MR) is 194 cm³/mol. The molecule has 0 bridgehead atoms. The van der Waals surface area contributed by atoms with Gasteiger partial charge in [-0.05, 0) is 23.3 Å². The summed E-state index contributed by atoms with van der Waals surface area (Å²) in [5.74, 6) is -71.1. The summed E-state index contributed by atoms with van der Waals surface area (Å²) in [6, 6.07) is 20.3. The monoisotopic (exact) mass is 969 g/mol. The number of hydrogen-bond donors (Lipinski definition) is 1. The van der Waals surface area contributed by atoms with E-state index >= 15 is 35.1 Å². The van der Waals surface area contributed by atoms with Gasteiger partial charge in [0.25, 0.3) is 0 Å². The van der Waals surface area contributed by atoms with Gasteiger partial charge in [-0.25, -0.2) is 87.8 Å². The van der Waals surface area contributed by atoms with Gasteiger partial charge in [0, 0.05) is 17.7 Å². The van der Waals surface area contributed by atoms with Crippen LogP contribution in [0.1, 0.15) is 10.4 Å². The summed E-state index contributed by atoms with van der Waals surface area (Å²) < 4.78 is 296. The van der Waals surface area contributed by atoms with Crippen LogP contribution in [0.3, 0.4) is 0 Å². The molecular formula is C43H16BF20NO2. The molecule has 0 aliphatic carbocycles. The molecule has 1 aromatic heterocycles. The Morgan fingerprint density at radius 3 is 0.896 bits per heavy atom. The molecule has 348 valence electrons. The van der Waals surface area contributed by atoms with Crippen LogP contribution in [0, 0.1) is 116 Å². The van der Waals surface area contributed by atoms with E-state index in [1.54, 1.807) is 12.1 Å². The van der Waals surface area contributed by atoms with Crippen LogP contribution in [0.2, 0.25) is 0 Å². The molecule has 3 nitrogen and oxygen atoms in total. The number of phenolic OH excluding ortho intramolecular Hbond substituents is 1. The first-order chi connectivity index (χ1) is 31.4. The fourth-order valence-corrected chi connectivity index (χ4v) is 7.16. The maximum Gasteiger partial charge on any atom is 0.227 e. The van der Waals surface area contributed by atoms with Crippen LogP contribution < -0.4 is 26.4 Å². The Labute approximate surface area is 360 Å². The van der Waals surface area contributed by atoms with Crippen molar-refractivity contribution < 1.29 is 102 Å². The maximum atomic E-state index is 15.4. The second-order valence-electron chi connectivity index (χ2n) is 13.9. The molecule has 0 aliphatic rings. The summed E-state index contributed by atoms with van der Waals surface area (Å²) in [7, 11) is 0. The molecule has 0 unspecified atom stereocenters. The Balaban J connectivity index is 0.000000279. The van der Waals surface area contributed by atoms with Gasteiger partial charge < -0.3 is 5.11 Å². The highest BCUT2D eigenvalue weighted by molar-refractivity contribution is 7.20. The van der Waals surface area contributed by atoms with Gasteiger partial charge in [0.15, 0.2) is 82.2 Å². The van der Waals surface area contributed by atoms with Crippen molar-refractivity contribution in [1.82, 2.24) is 0 Å². The molecule has 0 atom stereocenters. The average molecular weight is 969 g/mol. The quantitative estimate of drug-likeness (QED) is 0.0413. The summed E-state index contributed by atoms with van der Waals surface area (Å²) in [4.78, 5) is 12.2. The third-order valence-corrected chi connectivity index (χ3v) is 10.2. The number of aromatic hydroxyl groups is 1. The lowest BCUT2D eigenvalue weighted by Gasteiger charge is -2.44. The number of carbonyl (C=O) groups is 1. The molecule has 24 heteroatoms. The standard InChI is InChI=1S/C24BF20.C19H15NO2/c26-5-1(6(27)14(35)21(42)13(5)34)25(2-7(28)15(36)22(43)16(37)8(2)29,3-9(30)17(38)23(44)18(39)10(3)31)4-11(32)19(40)24(45)20(41)12(4)33;21-18-8-6-15(7-9-18)16-10-12-20(13-11-16)14-19(22)17-4-2-1-3-5-17/h;1-13H,14H2/q-1;/p+1. The molecule has 0 saturated heterocycles. The molecule has 0 fully saturated rings. The predicted octanol–water partition coefficient (Wildman–Crippen LogP) is 9.08. The van der Waals surface area contributed by atoms with Gasteiger partial charge >= 0.3 is 0 Å². The first-order valence-corrected chi connectivity index (χ1v) is 18.0. The van der Waals surface area contributed by atoms with Gasteiger partial charge in [0.2, 0.25) is 12.3 Å². The van der Waals surface area contributed by atoms with Crippen molar-refractivity contribution in [3.63, 3.8) is 0 Å². The van der Waals surface area contributed by atoms with E-state index in [4.69, 9.17) is 0 Å². The molecule has 7 rings (SSSR count). The lowest BCUT2D eigenvalue weighted by atomic mass is 9.12. The van der Waals surface area contributed by atoms with Crippen LogP contribution in [0.15, 0.2) is 79.1 Å². The second kappa shape index (κ2) is 18.5. The molecule has 6 aromatic carbocycles. The number of hydrogen-bond acceptors (Lipinski definition) is 2. The average Bonchev–Trinajstić information content (AvgIpc) is 3.32. The van der Waals surface area contributed by atoms with E-state index in [0.717, 1.165) is 16.7 Å². The fraction of sp³-hybridized carbons (Fsp3) is 0.0233. The number of rotatable bonds is 8. The van der Waals surface area contributed by atoms with E-state index < -0.39 is 144 Å². The van der Waals surface area contributed by atoms with E-state index in [2.05, 4.69) is 0 Å². The number of ketones is 1. The normalized spacial score (nSPS) is 11.5. The summed E-state index contributed by atoms with van der Waals surface area (Å²) in [6.45, 7) is 0.319. The third kappa shape index (κ3) is 8.06. The zero-order valence-corrected chi connectivity index (χ0v) is 32.2. The van der Waals surface area contributed by atoms with E-state index in [9.17, 15) is 62.6 Å². The summed E-state index contributed by atoms with van der Waals surface area (Å²) in [5.41, 5.74) is -11.5. The van der Waals surface area contributed by atoms with Gasteiger partial charge in [-0.1, -0.05) is 42.5 Å². The molecule has 0 aliphatic heterocycles. The molecular weight excluding hydrogens is 953 g/mol. The van der Waals surface area contributed by atoms with Crippen LogP contribution in [-0.2, 0) is 6.54 Å². The van der Waals surface area contributed by atoms with Crippen molar-refractivity contribution in [1.29, 1.82) is 0 Å². The molecule has 1 heterocycles. The Kier molecular flexibility index (Phi) is 13.5. The second-order valence-corrected chi connectivity index (χ2v) is 13.9. The van der Waals surface area contributed by atoms with E-state index in [1.807, 2.05) is 71.6 Å². The molecule has 0 spiro atoms. The lowest BCUT2D eigenvalue weighted by molar-refractivity contribution is -0.683. The van der Waals surface area contributed by atoms with Crippen molar-refractivity contribution in [3.8, 4) is 16.9 Å². The van der Waals surface area contributed by atoms with Crippen molar-refractivity contribution in [2.24, 2.45) is 0 Å². The van der Waals surface area contributed by atoms with Crippen LogP contribution >= 0.6 is 0 Å². The van der Waals surface area contributed by atoms with Crippen LogP contribution in [0.5, 0.6) is 5.75 Å². The summed E-state index contributed by atoms with van der Waals surface area (Å²) in [6.07, 6.45) is -3.43. The number of halogens is 20.